The fourth-order valence-electron chi connectivity index (χ4n) is 2.34. The number of carbonyl (C=O) groups excluding carboxylic acids is 1. The summed E-state index contributed by atoms with van der Waals surface area (Å²) in [4.78, 5) is 24.5. The number of hydrogen-bond donors (Lipinski definition) is 1. The SMILES string of the molecule is CCS(=O)(=O)N1CCN(C(=O)c2cnn(CCC(=O)O)c2)CC1. The van der Waals surface area contributed by atoms with Crippen molar-refractivity contribution in [2.75, 3.05) is 31.9 Å². The molecule has 1 aliphatic heterocycles. The third-order valence-corrected chi connectivity index (χ3v) is 5.60. The molecule has 0 aliphatic carbocycles. The molecule has 1 amide bonds. The van der Waals surface area contributed by atoms with Crippen LogP contribution in [0.15, 0.2) is 12.4 Å². The van der Waals surface area contributed by atoms with Crippen molar-refractivity contribution < 1.29 is 23.1 Å². The van der Waals surface area contributed by atoms with Crippen LogP contribution in [0.5, 0.6) is 0 Å². The van der Waals surface area contributed by atoms with E-state index in [9.17, 15) is 18.0 Å². The molecule has 0 aromatic carbocycles. The van der Waals surface area contributed by atoms with Crippen LogP contribution >= 0.6 is 0 Å². The smallest absolute Gasteiger partial charge is 0.305 e. The van der Waals surface area contributed by atoms with Crippen LogP contribution in [-0.4, -0.2) is 76.3 Å². The number of carbonyl (C=O) groups is 2. The standard InChI is InChI=1S/C13H20N4O5S/c1-2-23(21,22)17-7-5-15(6-8-17)13(20)11-9-14-16(10-11)4-3-12(18)19/h9-10H,2-8H2,1H3,(H,18,19). The zero-order chi connectivity index (χ0) is 17.0. The number of sulfonamides is 1. The number of nitrogens with zero attached hydrogens (tertiary/aromatic N) is 4. The highest BCUT2D eigenvalue weighted by Crippen LogP contribution is 2.11. The Balaban J connectivity index is 1.94. The zero-order valence-corrected chi connectivity index (χ0v) is 13.7. The maximum Gasteiger partial charge on any atom is 0.305 e. The Morgan fingerprint density at radius 2 is 1.91 bits per heavy atom. The van der Waals surface area contributed by atoms with E-state index in [2.05, 4.69) is 5.10 Å². The number of rotatable bonds is 6. The van der Waals surface area contributed by atoms with Crippen molar-refractivity contribution in [3.8, 4) is 0 Å². The maximum absolute atomic E-state index is 12.4. The summed E-state index contributed by atoms with van der Waals surface area (Å²) in [6, 6.07) is 0. The molecule has 1 aromatic heterocycles. The number of amides is 1. The second-order valence-electron chi connectivity index (χ2n) is 5.23. The minimum atomic E-state index is -3.22. The zero-order valence-electron chi connectivity index (χ0n) is 12.9. The van der Waals surface area contributed by atoms with Crippen LogP contribution in [0.1, 0.15) is 23.7 Å². The van der Waals surface area contributed by atoms with Crippen LogP contribution < -0.4 is 0 Å². The molecule has 1 N–H and O–H groups in total. The average molecular weight is 344 g/mol. The summed E-state index contributed by atoms with van der Waals surface area (Å²) in [5.74, 6) is -1.10. The largest absolute Gasteiger partial charge is 0.481 e. The minimum absolute atomic E-state index is 0.0529. The minimum Gasteiger partial charge on any atom is -0.481 e. The molecule has 1 aromatic rings. The van der Waals surface area contributed by atoms with Crippen molar-refractivity contribution in [3.05, 3.63) is 18.0 Å². The monoisotopic (exact) mass is 344 g/mol. The Morgan fingerprint density at radius 1 is 1.26 bits per heavy atom. The van der Waals surface area contributed by atoms with Gasteiger partial charge in [-0.05, 0) is 6.92 Å². The Bertz CT molecular complexity index is 676. The molecule has 1 aliphatic rings. The quantitative estimate of drug-likeness (QED) is 0.742. The molecule has 128 valence electrons. The predicted octanol–water partition coefficient (Wildman–Crippen LogP) is -0.535. The van der Waals surface area contributed by atoms with Crippen LogP contribution in [0.25, 0.3) is 0 Å². The van der Waals surface area contributed by atoms with Gasteiger partial charge in [-0.2, -0.15) is 9.40 Å². The van der Waals surface area contributed by atoms with Crippen LogP contribution in [0.3, 0.4) is 0 Å². The molecule has 0 unspecified atom stereocenters. The van der Waals surface area contributed by atoms with Crippen LogP contribution in [-0.2, 0) is 21.4 Å². The number of aliphatic carboxylic acids is 1. The van der Waals surface area contributed by atoms with E-state index in [0.29, 0.717) is 18.7 Å². The predicted molar refractivity (Wildman–Crippen MR) is 81.4 cm³/mol. The molecule has 1 fully saturated rings. The van der Waals surface area contributed by atoms with E-state index in [1.807, 2.05) is 0 Å². The Kier molecular flexibility index (Phi) is 5.37. The van der Waals surface area contributed by atoms with Crippen molar-refractivity contribution in [2.24, 2.45) is 0 Å². The van der Waals surface area contributed by atoms with Gasteiger partial charge in [-0.25, -0.2) is 8.42 Å². The first-order valence-electron chi connectivity index (χ1n) is 7.35. The summed E-state index contributed by atoms with van der Waals surface area (Å²) >= 11 is 0. The first kappa shape index (κ1) is 17.4. The van der Waals surface area contributed by atoms with Gasteiger partial charge in [-0.3, -0.25) is 14.3 Å². The summed E-state index contributed by atoms with van der Waals surface area (Å²) in [6.07, 6.45) is 2.85. The lowest BCUT2D eigenvalue weighted by atomic mass is 10.2. The van der Waals surface area contributed by atoms with Gasteiger partial charge in [-0.15, -0.1) is 0 Å². The summed E-state index contributed by atoms with van der Waals surface area (Å²) in [7, 11) is -3.22. The molecule has 0 saturated carbocycles. The number of piperazine rings is 1. The van der Waals surface area contributed by atoms with Crippen LogP contribution in [0.4, 0.5) is 0 Å². The number of aromatic nitrogens is 2. The second-order valence-corrected chi connectivity index (χ2v) is 7.49. The van der Waals surface area contributed by atoms with E-state index < -0.39 is 16.0 Å². The van der Waals surface area contributed by atoms with Crippen molar-refractivity contribution in [2.45, 2.75) is 19.9 Å². The highest BCUT2D eigenvalue weighted by molar-refractivity contribution is 7.89. The fraction of sp³-hybridized carbons (Fsp3) is 0.615. The van der Waals surface area contributed by atoms with Gasteiger partial charge in [0, 0.05) is 32.4 Å². The van der Waals surface area contributed by atoms with E-state index in [1.54, 1.807) is 11.8 Å². The van der Waals surface area contributed by atoms with Gasteiger partial charge < -0.3 is 10.0 Å². The van der Waals surface area contributed by atoms with Gasteiger partial charge >= 0.3 is 5.97 Å². The molecule has 0 radical (unpaired) electrons. The molecule has 2 heterocycles. The first-order valence-corrected chi connectivity index (χ1v) is 8.95. The first-order chi connectivity index (χ1) is 10.8. The molecule has 10 heteroatoms. The van der Waals surface area contributed by atoms with Crippen molar-refractivity contribution in [1.29, 1.82) is 0 Å². The number of aryl methyl sites for hydroxylation is 1. The molecule has 23 heavy (non-hydrogen) atoms. The van der Waals surface area contributed by atoms with Crippen molar-refractivity contribution in [1.82, 2.24) is 19.0 Å². The third-order valence-electron chi connectivity index (χ3n) is 3.72. The van der Waals surface area contributed by atoms with E-state index in [0.717, 1.165) is 0 Å². The second kappa shape index (κ2) is 7.09. The number of hydrogen-bond acceptors (Lipinski definition) is 5. The normalized spacial score (nSPS) is 16.5. The van der Waals surface area contributed by atoms with E-state index in [-0.39, 0.29) is 37.7 Å². The Labute approximate surface area is 134 Å². The summed E-state index contributed by atoms with van der Waals surface area (Å²) in [6.45, 7) is 3.03. The Morgan fingerprint density at radius 3 is 2.48 bits per heavy atom. The number of carboxylic acid groups (broad SMARTS) is 1. The van der Waals surface area contributed by atoms with E-state index in [4.69, 9.17) is 5.11 Å². The molecule has 1 saturated heterocycles. The molecular formula is C13H20N4O5S. The highest BCUT2D eigenvalue weighted by Gasteiger charge is 2.28. The molecular weight excluding hydrogens is 324 g/mol. The van der Waals surface area contributed by atoms with Crippen LogP contribution in [0.2, 0.25) is 0 Å². The molecule has 2 rings (SSSR count). The fourth-order valence-corrected chi connectivity index (χ4v) is 3.43. The molecule has 0 bridgehead atoms. The molecule has 0 spiro atoms. The lowest BCUT2D eigenvalue weighted by Crippen LogP contribution is -2.50. The molecule has 9 nitrogen and oxygen atoms in total. The summed E-state index contributed by atoms with van der Waals surface area (Å²) in [5.41, 5.74) is 0.377. The Hall–Kier alpha value is -1.94. The van der Waals surface area contributed by atoms with Gasteiger partial charge in [0.25, 0.3) is 5.91 Å². The third kappa shape index (κ3) is 4.29. The van der Waals surface area contributed by atoms with Gasteiger partial charge in [0.1, 0.15) is 0 Å². The average Bonchev–Trinajstić information content (AvgIpc) is 3.01. The lowest BCUT2D eigenvalue weighted by molar-refractivity contribution is -0.137. The van der Waals surface area contributed by atoms with Gasteiger partial charge in [-0.1, -0.05) is 0 Å². The van der Waals surface area contributed by atoms with Gasteiger partial charge in [0.2, 0.25) is 10.0 Å². The summed E-state index contributed by atoms with van der Waals surface area (Å²) < 4.78 is 26.4. The lowest BCUT2D eigenvalue weighted by Gasteiger charge is -2.33. The van der Waals surface area contributed by atoms with Crippen molar-refractivity contribution in [3.63, 3.8) is 0 Å². The number of carboxylic acids is 1. The topological polar surface area (TPSA) is 113 Å². The highest BCUT2D eigenvalue weighted by atomic mass is 32.2. The van der Waals surface area contributed by atoms with E-state index >= 15 is 0 Å². The van der Waals surface area contributed by atoms with Crippen LogP contribution in [0, 0.1) is 0 Å². The molecule has 0 atom stereocenters. The van der Waals surface area contributed by atoms with E-state index in [1.165, 1.54) is 21.4 Å². The van der Waals surface area contributed by atoms with Gasteiger partial charge in [0.05, 0.1) is 30.5 Å². The maximum atomic E-state index is 12.4. The summed E-state index contributed by atoms with van der Waals surface area (Å²) in [5, 5.41) is 12.6. The van der Waals surface area contributed by atoms with Gasteiger partial charge in [0.15, 0.2) is 0 Å². The van der Waals surface area contributed by atoms with Crippen molar-refractivity contribution >= 4 is 21.9 Å².